The molecule has 4 N–H and O–H groups in total. The van der Waals surface area contributed by atoms with Gasteiger partial charge in [-0.15, -0.1) is 0 Å². The Balaban J connectivity index is 2.64. The molecular weight excluding hydrogens is 168 g/mol. The molecule has 5 nitrogen and oxygen atoms in total. The summed E-state index contributed by atoms with van der Waals surface area (Å²) in [6.45, 7) is 4.08. The Morgan fingerprint density at radius 3 is 2.85 bits per heavy atom. The molecule has 2 rings (SSSR count). The fraction of sp³-hybridized carbons (Fsp3) is 0.500. The number of H-pyrrole nitrogens is 1. The van der Waals surface area contributed by atoms with E-state index in [9.17, 15) is 4.79 Å². The van der Waals surface area contributed by atoms with Crippen molar-refractivity contribution in [3.63, 3.8) is 0 Å². The number of aromatic amines is 1. The molecule has 0 fully saturated rings. The molecule has 0 aromatic carbocycles. The predicted molar refractivity (Wildman–Crippen MR) is 50.8 cm³/mol. The summed E-state index contributed by atoms with van der Waals surface area (Å²) in [5.41, 5.74) is 6.87. The Morgan fingerprint density at radius 1 is 1.46 bits per heavy atom. The molecule has 1 aromatic rings. The smallest absolute Gasteiger partial charge is 0.347 e. The standard InChI is InChI=1S/C8H12N4O/c1-3-4(2)10-6-5(3)11-8(13)12-7(6)9/h3-4,10H,1-2H3,(H3,9,11,12,13). The summed E-state index contributed by atoms with van der Waals surface area (Å²) in [6, 6.07) is 0.289. The molecule has 1 aliphatic rings. The van der Waals surface area contributed by atoms with E-state index < -0.39 is 0 Å². The van der Waals surface area contributed by atoms with Gasteiger partial charge in [-0.3, -0.25) is 0 Å². The van der Waals surface area contributed by atoms with Gasteiger partial charge in [-0.05, 0) is 6.92 Å². The van der Waals surface area contributed by atoms with Gasteiger partial charge in [0.1, 0.15) is 0 Å². The fourth-order valence-corrected chi connectivity index (χ4v) is 1.60. The Bertz CT molecular complexity index is 398. The van der Waals surface area contributed by atoms with Crippen molar-refractivity contribution in [1.29, 1.82) is 0 Å². The van der Waals surface area contributed by atoms with Crippen LogP contribution in [0, 0.1) is 0 Å². The van der Waals surface area contributed by atoms with E-state index in [1.165, 1.54) is 0 Å². The van der Waals surface area contributed by atoms with Gasteiger partial charge < -0.3 is 16.0 Å². The van der Waals surface area contributed by atoms with Crippen LogP contribution in [0.25, 0.3) is 0 Å². The molecule has 1 aliphatic heterocycles. The summed E-state index contributed by atoms with van der Waals surface area (Å²) in [4.78, 5) is 17.3. The number of nitrogens with two attached hydrogens (primary N) is 1. The molecule has 0 saturated carbocycles. The molecule has 2 atom stereocenters. The van der Waals surface area contributed by atoms with E-state index in [1.807, 2.05) is 13.8 Å². The second-order valence-electron chi connectivity index (χ2n) is 3.44. The first-order chi connectivity index (χ1) is 6.09. The van der Waals surface area contributed by atoms with E-state index in [4.69, 9.17) is 5.73 Å². The molecule has 0 aliphatic carbocycles. The zero-order valence-electron chi connectivity index (χ0n) is 7.59. The summed E-state index contributed by atoms with van der Waals surface area (Å²) in [6.07, 6.45) is 0. The van der Waals surface area contributed by atoms with Gasteiger partial charge in [0, 0.05) is 12.0 Å². The summed E-state index contributed by atoms with van der Waals surface area (Å²) < 4.78 is 0. The lowest BCUT2D eigenvalue weighted by atomic mass is 10.0. The van der Waals surface area contributed by atoms with E-state index in [-0.39, 0.29) is 23.5 Å². The van der Waals surface area contributed by atoms with Crippen LogP contribution in [-0.2, 0) is 0 Å². The molecule has 0 amide bonds. The summed E-state index contributed by atoms with van der Waals surface area (Å²) >= 11 is 0. The third-order valence-corrected chi connectivity index (χ3v) is 2.57. The highest BCUT2D eigenvalue weighted by atomic mass is 16.1. The number of aromatic nitrogens is 2. The van der Waals surface area contributed by atoms with Crippen molar-refractivity contribution >= 4 is 11.5 Å². The summed E-state index contributed by atoms with van der Waals surface area (Å²) in [5.74, 6) is 0.558. The van der Waals surface area contributed by atoms with Crippen LogP contribution < -0.4 is 16.7 Å². The van der Waals surface area contributed by atoms with Crippen LogP contribution >= 0.6 is 0 Å². The highest BCUT2D eigenvalue weighted by Gasteiger charge is 2.28. The van der Waals surface area contributed by atoms with E-state index in [1.54, 1.807) is 0 Å². The molecular formula is C8H12N4O. The predicted octanol–water partition coefficient (Wildman–Crippen LogP) is 0.270. The second-order valence-corrected chi connectivity index (χ2v) is 3.44. The zero-order valence-corrected chi connectivity index (χ0v) is 7.59. The lowest BCUT2D eigenvalue weighted by Gasteiger charge is -2.07. The average molecular weight is 180 g/mol. The Kier molecular flexibility index (Phi) is 1.55. The molecule has 2 heterocycles. The topological polar surface area (TPSA) is 83.8 Å². The fourth-order valence-electron chi connectivity index (χ4n) is 1.60. The number of anilines is 2. The first kappa shape index (κ1) is 8.10. The van der Waals surface area contributed by atoms with Crippen molar-refractivity contribution in [3.8, 4) is 0 Å². The Hall–Kier alpha value is -1.52. The van der Waals surface area contributed by atoms with E-state index in [2.05, 4.69) is 15.3 Å². The molecule has 0 bridgehead atoms. The minimum absolute atomic E-state index is 0.271. The van der Waals surface area contributed by atoms with Gasteiger partial charge in [0.25, 0.3) is 0 Å². The van der Waals surface area contributed by atoms with Gasteiger partial charge in [-0.25, -0.2) is 4.79 Å². The van der Waals surface area contributed by atoms with E-state index >= 15 is 0 Å². The maximum absolute atomic E-state index is 11.0. The van der Waals surface area contributed by atoms with E-state index in [0.717, 1.165) is 11.4 Å². The first-order valence-electron chi connectivity index (χ1n) is 4.26. The first-order valence-corrected chi connectivity index (χ1v) is 4.26. The van der Waals surface area contributed by atoms with Gasteiger partial charge in [0.15, 0.2) is 5.82 Å². The number of nitrogens with zero attached hydrogens (tertiary/aromatic N) is 1. The molecule has 5 heteroatoms. The SMILES string of the molecule is CC1Nc2c(N)nc(=O)[nH]c2C1C. The lowest BCUT2D eigenvalue weighted by Crippen LogP contribution is -2.15. The van der Waals surface area contributed by atoms with E-state index in [0.29, 0.717) is 0 Å². The number of fused-ring (bicyclic) bond motifs is 1. The van der Waals surface area contributed by atoms with Crippen LogP contribution in [0.15, 0.2) is 4.79 Å². The summed E-state index contributed by atoms with van der Waals surface area (Å²) in [7, 11) is 0. The Morgan fingerprint density at radius 2 is 2.15 bits per heavy atom. The zero-order chi connectivity index (χ0) is 9.59. The molecule has 13 heavy (non-hydrogen) atoms. The maximum Gasteiger partial charge on any atom is 0.347 e. The van der Waals surface area contributed by atoms with Gasteiger partial charge in [-0.2, -0.15) is 4.98 Å². The maximum atomic E-state index is 11.0. The van der Waals surface area contributed by atoms with Crippen molar-refractivity contribution in [2.45, 2.75) is 25.8 Å². The Labute approximate surface area is 75.4 Å². The van der Waals surface area contributed by atoms with Gasteiger partial charge in [-0.1, -0.05) is 6.92 Å². The lowest BCUT2D eigenvalue weighted by molar-refractivity contribution is 0.672. The van der Waals surface area contributed by atoms with Crippen molar-refractivity contribution < 1.29 is 0 Å². The number of hydrogen-bond acceptors (Lipinski definition) is 4. The number of rotatable bonds is 0. The van der Waals surface area contributed by atoms with Crippen molar-refractivity contribution in [1.82, 2.24) is 9.97 Å². The van der Waals surface area contributed by atoms with Crippen LogP contribution in [0.3, 0.4) is 0 Å². The molecule has 2 unspecified atom stereocenters. The number of nitrogens with one attached hydrogen (secondary N) is 2. The van der Waals surface area contributed by atoms with Crippen LogP contribution in [-0.4, -0.2) is 16.0 Å². The molecule has 1 aromatic heterocycles. The number of nitrogen functional groups attached to an aromatic ring is 1. The second kappa shape index (κ2) is 2.48. The average Bonchev–Trinajstić information content (AvgIpc) is 2.32. The molecule has 70 valence electrons. The third-order valence-electron chi connectivity index (χ3n) is 2.57. The van der Waals surface area contributed by atoms with Crippen LogP contribution in [0.5, 0.6) is 0 Å². The highest BCUT2D eigenvalue weighted by molar-refractivity contribution is 5.68. The van der Waals surface area contributed by atoms with Gasteiger partial charge in [0.2, 0.25) is 0 Å². The highest BCUT2D eigenvalue weighted by Crippen LogP contribution is 2.35. The molecule has 0 radical (unpaired) electrons. The van der Waals surface area contributed by atoms with Crippen molar-refractivity contribution in [2.75, 3.05) is 11.1 Å². The van der Waals surface area contributed by atoms with Crippen LogP contribution in [0.2, 0.25) is 0 Å². The van der Waals surface area contributed by atoms with Crippen molar-refractivity contribution in [2.24, 2.45) is 0 Å². The minimum Gasteiger partial charge on any atom is -0.382 e. The third kappa shape index (κ3) is 1.07. The molecule has 0 saturated heterocycles. The van der Waals surface area contributed by atoms with Crippen molar-refractivity contribution in [3.05, 3.63) is 16.2 Å². The van der Waals surface area contributed by atoms with Gasteiger partial charge in [0.05, 0.1) is 11.4 Å². The number of hydrogen-bond donors (Lipinski definition) is 3. The largest absolute Gasteiger partial charge is 0.382 e. The van der Waals surface area contributed by atoms with Crippen LogP contribution in [0.4, 0.5) is 11.5 Å². The van der Waals surface area contributed by atoms with Crippen LogP contribution in [0.1, 0.15) is 25.5 Å². The quantitative estimate of drug-likeness (QED) is 0.535. The van der Waals surface area contributed by atoms with Gasteiger partial charge >= 0.3 is 5.69 Å². The minimum atomic E-state index is -0.376. The molecule has 0 spiro atoms. The normalized spacial score (nSPS) is 25.4. The summed E-state index contributed by atoms with van der Waals surface area (Å²) in [5, 5.41) is 3.18. The monoisotopic (exact) mass is 180 g/mol.